The number of pyridine rings is 1. The van der Waals surface area contributed by atoms with Gasteiger partial charge in [-0.25, -0.2) is 18.0 Å². The Morgan fingerprint density at radius 3 is 2.73 bits per heavy atom. The number of hydrogen-bond donors (Lipinski definition) is 2. The molecule has 3 atom stereocenters. The molecule has 3 rings (SSSR count). The van der Waals surface area contributed by atoms with Crippen molar-refractivity contribution in [2.75, 3.05) is 5.32 Å². The van der Waals surface area contributed by atoms with E-state index < -0.39 is 40.8 Å². The van der Waals surface area contributed by atoms with Crippen molar-refractivity contribution in [1.29, 1.82) is 0 Å². The van der Waals surface area contributed by atoms with Crippen LogP contribution in [0.25, 0.3) is 0 Å². The number of allylic oxidation sites excluding steroid dienone is 2. The Bertz CT molecular complexity index is 863. The summed E-state index contributed by atoms with van der Waals surface area (Å²) in [5, 5.41) is 5.75. The molecule has 1 aliphatic heterocycles. The molecule has 2 N–H and O–H groups in total. The molecule has 1 saturated carbocycles. The maximum Gasteiger partial charge on any atom is 0.412 e. The van der Waals surface area contributed by atoms with Crippen molar-refractivity contribution in [3.8, 4) is 0 Å². The van der Waals surface area contributed by atoms with E-state index in [1.165, 1.54) is 24.5 Å². The van der Waals surface area contributed by atoms with Gasteiger partial charge in [-0.05, 0) is 63.4 Å². The highest BCUT2D eigenvalue weighted by Crippen LogP contribution is 2.52. The van der Waals surface area contributed by atoms with Gasteiger partial charge in [0, 0.05) is 24.6 Å². The summed E-state index contributed by atoms with van der Waals surface area (Å²) in [6.07, 6.45) is 6.14. The maximum atomic E-state index is 15.5. The van der Waals surface area contributed by atoms with Gasteiger partial charge >= 0.3 is 6.09 Å². The number of hydrogen-bond acceptors (Lipinski definition) is 4. The third-order valence-electron chi connectivity index (χ3n) is 5.59. The first-order valence-corrected chi connectivity index (χ1v) is 10.1. The van der Waals surface area contributed by atoms with E-state index in [1.54, 1.807) is 40.0 Å². The highest BCUT2D eigenvalue weighted by Gasteiger charge is 2.53. The first kappa shape index (κ1) is 22.2. The number of amides is 1. The summed E-state index contributed by atoms with van der Waals surface area (Å²) in [6, 6.07) is 1.60. The number of anilines is 1. The molecule has 2 aliphatic rings. The summed E-state index contributed by atoms with van der Waals surface area (Å²) in [4.78, 5) is 16.4. The molecule has 2 heterocycles. The molecule has 0 radical (unpaired) electrons. The van der Waals surface area contributed by atoms with Gasteiger partial charge in [-0.2, -0.15) is 0 Å². The fourth-order valence-corrected chi connectivity index (χ4v) is 4.46. The molecule has 1 fully saturated rings. The highest BCUT2D eigenvalue weighted by atomic mass is 19.3. The van der Waals surface area contributed by atoms with Crippen molar-refractivity contribution < 1.29 is 22.7 Å². The fourth-order valence-electron chi connectivity index (χ4n) is 4.46. The summed E-state index contributed by atoms with van der Waals surface area (Å²) in [5.74, 6) is -4.18. The second-order valence-electron chi connectivity index (χ2n) is 9.06. The monoisotopic (exact) mass is 423 g/mol. The molecular weight excluding hydrogens is 395 g/mol. The molecule has 0 saturated heterocycles. The van der Waals surface area contributed by atoms with Crippen LogP contribution in [0.2, 0.25) is 0 Å². The van der Waals surface area contributed by atoms with Gasteiger partial charge in [-0.1, -0.05) is 6.92 Å². The third kappa shape index (κ3) is 4.47. The average molecular weight is 423 g/mol. The number of ether oxygens (including phenoxy) is 1. The van der Waals surface area contributed by atoms with Gasteiger partial charge in [0.2, 0.25) is 5.92 Å². The molecule has 1 amide bonds. The second kappa shape index (κ2) is 7.96. The number of halogens is 3. The highest BCUT2D eigenvalue weighted by molar-refractivity contribution is 5.86. The molecule has 3 unspecified atom stereocenters. The summed E-state index contributed by atoms with van der Waals surface area (Å²) >= 11 is 0. The van der Waals surface area contributed by atoms with Gasteiger partial charge in [0.05, 0.1) is 11.9 Å². The smallest absolute Gasteiger partial charge is 0.412 e. The zero-order chi connectivity index (χ0) is 22.2. The Labute approximate surface area is 174 Å². The van der Waals surface area contributed by atoms with E-state index in [9.17, 15) is 13.6 Å². The van der Waals surface area contributed by atoms with E-state index in [0.29, 0.717) is 5.56 Å². The Hall–Kier alpha value is -2.51. The Morgan fingerprint density at radius 2 is 2.10 bits per heavy atom. The SMILES string of the molecule is CC1CC(F)(F)CCC1C1(c2ccncc2NC(=O)OC(C)(C)C)NC=CC=C1F. The Kier molecular flexibility index (Phi) is 5.89. The summed E-state index contributed by atoms with van der Waals surface area (Å²) in [5.41, 5.74) is -1.42. The molecule has 30 heavy (non-hydrogen) atoms. The minimum atomic E-state index is -2.77. The van der Waals surface area contributed by atoms with Gasteiger partial charge in [-0.15, -0.1) is 0 Å². The van der Waals surface area contributed by atoms with Crippen LogP contribution in [-0.4, -0.2) is 22.6 Å². The molecule has 1 aromatic heterocycles. The second-order valence-corrected chi connectivity index (χ2v) is 9.06. The number of nitrogens with zero attached hydrogens (tertiary/aromatic N) is 1. The number of carbonyl (C=O) groups is 1. The van der Waals surface area contributed by atoms with Crippen LogP contribution in [0.3, 0.4) is 0 Å². The number of dihydropyridines is 1. The van der Waals surface area contributed by atoms with E-state index >= 15 is 4.39 Å². The van der Waals surface area contributed by atoms with Gasteiger partial charge < -0.3 is 10.1 Å². The van der Waals surface area contributed by atoms with Crippen LogP contribution in [-0.2, 0) is 10.3 Å². The lowest BCUT2D eigenvalue weighted by Crippen LogP contribution is -2.53. The lowest BCUT2D eigenvalue weighted by atomic mass is 9.64. The number of alkyl halides is 2. The summed E-state index contributed by atoms with van der Waals surface area (Å²) in [7, 11) is 0. The number of nitrogens with one attached hydrogen (secondary N) is 2. The molecule has 164 valence electrons. The Morgan fingerprint density at radius 1 is 1.37 bits per heavy atom. The van der Waals surface area contributed by atoms with E-state index in [4.69, 9.17) is 4.74 Å². The zero-order valence-corrected chi connectivity index (χ0v) is 17.6. The third-order valence-corrected chi connectivity index (χ3v) is 5.59. The number of rotatable bonds is 3. The molecule has 0 spiro atoms. The Balaban J connectivity index is 2.04. The van der Waals surface area contributed by atoms with Crippen LogP contribution in [0.5, 0.6) is 0 Å². The molecule has 0 bridgehead atoms. The van der Waals surface area contributed by atoms with E-state index in [1.807, 2.05) is 0 Å². The molecule has 5 nitrogen and oxygen atoms in total. The van der Waals surface area contributed by atoms with Crippen LogP contribution in [0.15, 0.2) is 42.6 Å². The molecule has 8 heteroatoms. The van der Waals surface area contributed by atoms with Crippen LogP contribution < -0.4 is 10.6 Å². The fraction of sp³-hybridized carbons (Fsp3) is 0.545. The first-order chi connectivity index (χ1) is 13.9. The lowest BCUT2D eigenvalue weighted by Gasteiger charge is -2.48. The van der Waals surface area contributed by atoms with Gasteiger partial charge in [0.1, 0.15) is 17.0 Å². The van der Waals surface area contributed by atoms with Crippen LogP contribution in [0.1, 0.15) is 52.5 Å². The largest absolute Gasteiger partial charge is 0.444 e. The van der Waals surface area contributed by atoms with E-state index in [2.05, 4.69) is 15.6 Å². The number of carbonyl (C=O) groups excluding carboxylic acids is 1. The lowest BCUT2D eigenvalue weighted by molar-refractivity contribution is -0.0790. The van der Waals surface area contributed by atoms with Crippen LogP contribution in [0, 0.1) is 11.8 Å². The van der Waals surface area contributed by atoms with Gasteiger partial charge in [0.15, 0.2) is 0 Å². The van der Waals surface area contributed by atoms with Crippen molar-refractivity contribution in [3.63, 3.8) is 0 Å². The van der Waals surface area contributed by atoms with Crippen molar-refractivity contribution in [2.24, 2.45) is 11.8 Å². The molecular formula is C22H28F3N3O2. The van der Waals surface area contributed by atoms with Gasteiger partial charge in [-0.3, -0.25) is 10.3 Å². The number of aromatic nitrogens is 1. The molecule has 1 aromatic rings. The maximum absolute atomic E-state index is 15.5. The predicted octanol–water partition coefficient (Wildman–Crippen LogP) is 5.67. The quantitative estimate of drug-likeness (QED) is 0.658. The normalized spacial score (nSPS) is 28.3. The van der Waals surface area contributed by atoms with Gasteiger partial charge in [0.25, 0.3) is 0 Å². The van der Waals surface area contributed by atoms with Crippen LogP contribution >= 0.6 is 0 Å². The minimum Gasteiger partial charge on any atom is -0.444 e. The van der Waals surface area contributed by atoms with Crippen molar-refractivity contribution in [3.05, 3.63) is 48.2 Å². The van der Waals surface area contributed by atoms with E-state index in [0.717, 1.165) is 0 Å². The van der Waals surface area contributed by atoms with Crippen molar-refractivity contribution in [1.82, 2.24) is 10.3 Å². The topological polar surface area (TPSA) is 63.2 Å². The van der Waals surface area contributed by atoms with E-state index in [-0.39, 0.29) is 24.9 Å². The molecule has 1 aliphatic carbocycles. The zero-order valence-electron chi connectivity index (χ0n) is 17.6. The predicted molar refractivity (Wildman–Crippen MR) is 109 cm³/mol. The summed E-state index contributed by atoms with van der Waals surface area (Å²) < 4.78 is 48.8. The first-order valence-electron chi connectivity index (χ1n) is 10.1. The minimum absolute atomic E-state index is 0.129. The van der Waals surface area contributed by atoms with Crippen molar-refractivity contribution in [2.45, 2.75) is 64.0 Å². The summed E-state index contributed by atoms with van der Waals surface area (Å²) in [6.45, 7) is 6.92. The molecule has 0 aromatic carbocycles. The van der Waals surface area contributed by atoms with Crippen LogP contribution in [0.4, 0.5) is 23.7 Å². The standard InChI is InChI=1S/C22H28F3N3O2/c1-14-12-21(24,25)9-7-15(14)22(18(23)6-5-10-27-22)16-8-11-26-13-17(16)28-19(29)30-20(2,3)4/h5-6,8,10-11,13-15,27H,7,9,12H2,1-4H3,(H,28,29). The van der Waals surface area contributed by atoms with Crippen molar-refractivity contribution >= 4 is 11.8 Å². The average Bonchev–Trinajstić information content (AvgIpc) is 2.61.